The zero-order valence-corrected chi connectivity index (χ0v) is 14.2. The number of benzene rings is 2. The summed E-state index contributed by atoms with van der Waals surface area (Å²) in [5.74, 6) is -3.85. The lowest BCUT2D eigenvalue weighted by molar-refractivity contribution is -0.147. The number of ether oxygens (including phenoxy) is 1. The molecular weight excluding hydrogens is 368 g/mol. The fraction of sp³-hybridized carbons (Fsp3) is 0.167. The Kier molecular flexibility index (Phi) is 6.80. The van der Waals surface area contributed by atoms with E-state index in [1.165, 1.54) is 12.1 Å². The van der Waals surface area contributed by atoms with Gasteiger partial charge in [-0.05, 0) is 36.4 Å². The van der Waals surface area contributed by atoms with E-state index >= 15 is 0 Å². The maximum Gasteiger partial charge on any atom is 0.306 e. The van der Waals surface area contributed by atoms with Gasteiger partial charge in [0, 0.05) is 17.0 Å². The third-order valence-electron chi connectivity index (χ3n) is 3.31. The van der Waals surface area contributed by atoms with Crippen molar-refractivity contribution >= 4 is 34.9 Å². The van der Waals surface area contributed by atoms with Gasteiger partial charge in [-0.2, -0.15) is 0 Å². The van der Waals surface area contributed by atoms with Gasteiger partial charge in [0.2, 0.25) is 0 Å². The number of Topliss-reactive ketones (excluding diaryl/α,β-unsaturated/α-hetero) is 1. The largest absolute Gasteiger partial charge is 0.456 e. The standard InChI is InChI=1S/C18H14ClF2NO4/c19-12-6-4-11(5-7-12)15(23)8-9-17(25)26-10-16(24)22-18-13(20)2-1-3-14(18)21/h1-7H,8-10H2,(H,22,24). The topological polar surface area (TPSA) is 72.5 Å². The molecule has 2 rings (SSSR count). The quantitative estimate of drug-likeness (QED) is 0.585. The van der Waals surface area contributed by atoms with Gasteiger partial charge in [0.15, 0.2) is 12.4 Å². The van der Waals surface area contributed by atoms with Gasteiger partial charge >= 0.3 is 5.97 Å². The second kappa shape index (κ2) is 9.05. The van der Waals surface area contributed by atoms with Crippen molar-refractivity contribution in [1.29, 1.82) is 0 Å². The number of esters is 1. The monoisotopic (exact) mass is 381 g/mol. The van der Waals surface area contributed by atoms with Crippen LogP contribution in [-0.2, 0) is 14.3 Å². The number of hydrogen-bond donors (Lipinski definition) is 1. The molecule has 0 aliphatic rings. The summed E-state index contributed by atoms with van der Waals surface area (Å²) in [6.45, 7) is -0.720. The van der Waals surface area contributed by atoms with Crippen molar-refractivity contribution in [3.63, 3.8) is 0 Å². The van der Waals surface area contributed by atoms with E-state index < -0.39 is 35.8 Å². The van der Waals surface area contributed by atoms with E-state index in [2.05, 4.69) is 0 Å². The normalized spacial score (nSPS) is 10.3. The average molecular weight is 382 g/mol. The minimum atomic E-state index is -0.946. The average Bonchev–Trinajstić information content (AvgIpc) is 2.61. The molecule has 0 atom stereocenters. The van der Waals surface area contributed by atoms with Crippen molar-refractivity contribution in [3.05, 3.63) is 64.7 Å². The van der Waals surface area contributed by atoms with E-state index in [9.17, 15) is 23.2 Å². The molecule has 5 nitrogen and oxygen atoms in total. The third-order valence-corrected chi connectivity index (χ3v) is 3.57. The van der Waals surface area contributed by atoms with Crippen molar-refractivity contribution in [2.24, 2.45) is 0 Å². The second-order valence-corrected chi connectivity index (χ2v) is 5.67. The van der Waals surface area contributed by atoms with Crippen LogP contribution in [0.1, 0.15) is 23.2 Å². The zero-order valence-electron chi connectivity index (χ0n) is 13.4. The summed E-state index contributed by atoms with van der Waals surface area (Å²) in [4.78, 5) is 35.1. The molecule has 0 bridgehead atoms. The summed E-state index contributed by atoms with van der Waals surface area (Å²) in [5.41, 5.74) is -0.221. The summed E-state index contributed by atoms with van der Waals surface area (Å²) in [6.07, 6.45) is -0.340. The van der Waals surface area contributed by atoms with Crippen molar-refractivity contribution in [3.8, 4) is 0 Å². The van der Waals surface area contributed by atoms with Gasteiger partial charge in [0.1, 0.15) is 17.3 Å². The molecule has 2 aromatic rings. The maximum atomic E-state index is 13.4. The van der Waals surface area contributed by atoms with Crippen LogP contribution in [0.3, 0.4) is 0 Å². The third kappa shape index (κ3) is 5.63. The van der Waals surface area contributed by atoms with Gasteiger partial charge < -0.3 is 10.1 Å². The Morgan fingerprint density at radius 2 is 1.58 bits per heavy atom. The van der Waals surface area contributed by atoms with E-state index in [4.69, 9.17) is 16.3 Å². The Bertz CT molecular complexity index is 804. The minimum Gasteiger partial charge on any atom is -0.456 e. The highest BCUT2D eigenvalue weighted by molar-refractivity contribution is 6.30. The number of nitrogens with one attached hydrogen (secondary N) is 1. The number of ketones is 1. The highest BCUT2D eigenvalue weighted by Gasteiger charge is 2.15. The van der Waals surface area contributed by atoms with Crippen LogP contribution in [0.5, 0.6) is 0 Å². The van der Waals surface area contributed by atoms with Crippen molar-refractivity contribution in [2.75, 3.05) is 11.9 Å². The fourth-order valence-electron chi connectivity index (χ4n) is 2.01. The molecule has 0 heterocycles. The highest BCUT2D eigenvalue weighted by Crippen LogP contribution is 2.17. The predicted octanol–water partition coefficient (Wildman–Crippen LogP) is 3.76. The number of carbonyl (C=O) groups excluding carboxylic acids is 3. The molecule has 0 saturated carbocycles. The van der Waals surface area contributed by atoms with E-state index in [0.717, 1.165) is 18.2 Å². The predicted molar refractivity (Wildman–Crippen MR) is 91.0 cm³/mol. The molecule has 0 aromatic heterocycles. The first-order valence-corrected chi connectivity index (χ1v) is 7.93. The smallest absolute Gasteiger partial charge is 0.306 e. The Hall–Kier alpha value is -2.80. The molecule has 0 fully saturated rings. The van der Waals surface area contributed by atoms with Gasteiger partial charge in [-0.25, -0.2) is 8.78 Å². The molecule has 136 valence electrons. The maximum absolute atomic E-state index is 13.4. The first-order chi connectivity index (χ1) is 12.4. The highest BCUT2D eigenvalue weighted by atomic mass is 35.5. The van der Waals surface area contributed by atoms with Crippen LogP contribution in [0.4, 0.5) is 14.5 Å². The van der Waals surface area contributed by atoms with Crippen LogP contribution in [0.15, 0.2) is 42.5 Å². The number of hydrogen-bond acceptors (Lipinski definition) is 4. The minimum absolute atomic E-state index is 0.107. The Labute approximate surface area is 152 Å². The molecule has 0 spiro atoms. The first kappa shape index (κ1) is 19.5. The SMILES string of the molecule is O=C(COC(=O)CCC(=O)c1ccc(Cl)cc1)Nc1c(F)cccc1F. The Morgan fingerprint density at radius 3 is 2.19 bits per heavy atom. The van der Waals surface area contributed by atoms with Crippen LogP contribution in [0.25, 0.3) is 0 Å². The zero-order chi connectivity index (χ0) is 19.1. The molecule has 1 N–H and O–H groups in total. The number of carbonyl (C=O) groups is 3. The summed E-state index contributed by atoms with van der Waals surface area (Å²) in [6, 6.07) is 9.29. The lowest BCUT2D eigenvalue weighted by Gasteiger charge is -2.08. The van der Waals surface area contributed by atoms with Gasteiger partial charge in [-0.3, -0.25) is 14.4 Å². The summed E-state index contributed by atoms with van der Waals surface area (Å²) in [7, 11) is 0. The second-order valence-electron chi connectivity index (χ2n) is 5.24. The molecule has 0 radical (unpaired) electrons. The molecular formula is C18H14ClF2NO4. The van der Waals surface area contributed by atoms with E-state index in [1.54, 1.807) is 12.1 Å². The van der Waals surface area contributed by atoms with Crippen LogP contribution in [-0.4, -0.2) is 24.3 Å². The van der Waals surface area contributed by atoms with Crippen LogP contribution >= 0.6 is 11.6 Å². The van der Waals surface area contributed by atoms with Crippen molar-refractivity contribution in [1.82, 2.24) is 0 Å². The molecule has 0 unspecified atom stereocenters. The van der Waals surface area contributed by atoms with Crippen LogP contribution in [0, 0.1) is 11.6 Å². The Balaban J connectivity index is 1.77. The van der Waals surface area contributed by atoms with Gasteiger partial charge in [-0.15, -0.1) is 0 Å². The van der Waals surface area contributed by atoms with E-state index in [1.807, 2.05) is 5.32 Å². The lowest BCUT2D eigenvalue weighted by atomic mass is 10.1. The molecule has 8 heteroatoms. The molecule has 0 aliphatic carbocycles. The fourth-order valence-corrected chi connectivity index (χ4v) is 2.13. The molecule has 0 saturated heterocycles. The molecule has 2 aromatic carbocycles. The number of anilines is 1. The van der Waals surface area contributed by atoms with Crippen LogP contribution in [0.2, 0.25) is 5.02 Å². The number of para-hydroxylation sites is 1. The summed E-state index contributed by atoms with van der Waals surface area (Å²) >= 11 is 5.72. The van der Waals surface area contributed by atoms with Gasteiger partial charge in [0.05, 0.1) is 6.42 Å². The first-order valence-electron chi connectivity index (χ1n) is 7.55. The van der Waals surface area contributed by atoms with Crippen LogP contribution < -0.4 is 5.32 Å². The van der Waals surface area contributed by atoms with E-state index in [-0.39, 0.29) is 18.6 Å². The molecule has 1 amide bonds. The molecule has 0 aliphatic heterocycles. The number of halogens is 3. The number of rotatable bonds is 7. The summed E-state index contributed by atoms with van der Waals surface area (Å²) in [5, 5.41) is 2.47. The van der Waals surface area contributed by atoms with Crippen molar-refractivity contribution in [2.45, 2.75) is 12.8 Å². The van der Waals surface area contributed by atoms with Crippen molar-refractivity contribution < 1.29 is 27.9 Å². The molecule has 26 heavy (non-hydrogen) atoms. The van der Waals surface area contributed by atoms with E-state index in [0.29, 0.717) is 10.6 Å². The lowest BCUT2D eigenvalue weighted by Crippen LogP contribution is -2.22. The van der Waals surface area contributed by atoms with Gasteiger partial charge in [-0.1, -0.05) is 17.7 Å². The summed E-state index contributed by atoms with van der Waals surface area (Å²) < 4.78 is 31.5. The van der Waals surface area contributed by atoms with Gasteiger partial charge in [0.25, 0.3) is 5.91 Å². The number of amides is 1. The Morgan fingerprint density at radius 1 is 0.962 bits per heavy atom.